The van der Waals surface area contributed by atoms with Gasteiger partial charge >= 0.3 is 0 Å². The minimum absolute atomic E-state index is 0.0375. The molecule has 1 aliphatic rings. The summed E-state index contributed by atoms with van der Waals surface area (Å²) in [6.07, 6.45) is 1.61. The largest absolute Gasteiger partial charge is 0.369 e. The Balaban J connectivity index is 1.86. The molecule has 1 atom stereocenters. The Morgan fingerprint density at radius 1 is 1.45 bits per heavy atom. The highest BCUT2D eigenvalue weighted by Crippen LogP contribution is 2.17. The molecule has 2 N–H and O–H groups in total. The van der Waals surface area contributed by atoms with Crippen LogP contribution < -0.4 is 5.73 Å². The van der Waals surface area contributed by atoms with E-state index < -0.39 is 0 Å². The third kappa shape index (κ3) is 4.71. The van der Waals surface area contributed by atoms with Crippen molar-refractivity contribution < 1.29 is 9.59 Å². The molecule has 5 nitrogen and oxygen atoms in total. The Hall–Kier alpha value is -1.59. The first kappa shape index (κ1) is 16.8. The van der Waals surface area contributed by atoms with Crippen LogP contribution in [0.3, 0.4) is 0 Å². The van der Waals surface area contributed by atoms with Crippen LogP contribution >= 0.6 is 11.6 Å². The first-order chi connectivity index (χ1) is 10.5. The Labute approximate surface area is 136 Å². The van der Waals surface area contributed by atoms with Crippen LogP contribution in [-0.4, -0.2) is 48.3 Å². The highest BCUT2D eigenvalue weighted by Gasteiger charge is 2.27. The number of likely N-dealkylation sites (N-methyl/N-ethyl adjacent to an activating group) is 1. The number of nitrogens with zero attached hydrogens (tertiary/aromatic N) is 2. The minimum atomic E-state index is -0.315. The predicted octanol–water partition coefficient (Wildman–Crippen LogP) is 1.50. The molecule has 0 spiro atoms. The fourth-order valence-electron chi connectivity index (χ4n) is 2.77. The molecule has 2 amide bonds. The zero-order valence-corrected chi connectivity index (χ0v) is 13.6. The van der Waals surface area contributed by atoms with Crippen LogP contribution in [0.5, 0.6) is 0 Å². The van der Waals surface area contributed by atoms with E-state index in [2.05, 4.69) is 0 Å². The molecule has 0 saturated carbocycles. The lowest BCUT2D eigenvalue weighted by Gasteiger charge is -2.32. The number of halogens is 1. The molecule has 0 aromatic heterocycles. The zero-order chi connectivity index (χ0) is 16.1. The smallest absolute Gasteiger partial charge is 0.236 e. The number of carbonyl (C=O) groups excluding carboxylic acids is 2. The van der Waals surface area contributed by atoms with Crippen LogP contribution in [0.4, 0.5) is 0 Å². The van der Waals surface area contributed by atoms with Gasteiger partial charge in [0.05, 0.1) is 12.5 Å². The van der Waals surface area contributed by atoms with E-state index in [-0.39, 0.29) is 17.7 Å². The molecule has 2 rings (SSSR count). The van der Waals surface area contributed by atoms with Crippen LogP contribution in [0.15, 0.2) is 24.3 Å². The molecule has 1 heterocycles. The van der Waals surface area contributed by atoms with E-state index in [9.17, 15) is 9.59 Å². The highest BCUT2D eigenvalue weighted by atomic mass is 35.5. The summed E-state index contributed by atoms with van der Waals surface area (Å²) < 4.78 is 0. The van der Waals surface area contributed by atoms with Crippen LogP contribution in [-0.2, 0) is 16.1 Å². The highest BCUT2D eigenvalue weighted by molar-refractivity contribution is 6.30. The summed E-state index contributed by atoms with van der Waals surface area (Å²) in [5.74, 6) is -0.490. The molecule has 1 unspecified atom stereocenters. The van der Waals surface area contributed by atoms with Gasteiger partial charge in [-0.1, -0.05) is 23.7 Å². The number of piperidine rings is 1. The van der Waals surface area contributed by atoms with Gasteiger partial charge in [0, 0.05) is 24.7 Å². The Morgan fingerprint density at radius 2 is 2.23 bits per heavy atom. The average Bonchev–Trinajstić information content (AvgIpc) is 2.47. The van der Waals surface area contributed by atoms with Crippen molar-refractivity contribution in [2.45, 2.75) is 19.4 Å². The first-order valence-electron chi connectivity index (χ1n) is 7.46. The lowest BCUT2D eigenvalue weighted by Crippen LogP contribution is -2.47. The summed E-state index contributed by atoms with van der Waals surface area (Å²) in [5, 5.41) is 0.692. The second-order valence-electron chi connectivity index (χ2n) is 5.88. The van der Waals surface area contributed by atoms with Crippen molar-refractivity contribution in [1.29, 1.82) is 0 Å². The van der Waals surface area contributed by atoms with Crippen molar-refractivity contribution in [1.82, 2.24) is 9.80 Å². The average molecular weight is 324 g/mol. The van der Waals surface area contributed by atoms with E-state index in [1.54, 1.807) is 4.90 Å². The van der Waals surface area contributed by atoms with E-state index in [4.69, 9.17) is 17.3 Å². The van der Waals surface area contributed by atoms with E-state index in [0.29, 0.717) is 31.2 Å². The van der Waals surface area contributed by atoms with Crippen molar-refractivity contribution in [3.63, 3.8) is 0 Å². The van der Waals surface area contributed by atoms with Gasteiger partial charge in [0.2, 0.25) is 11.8 Å². The summed E-state index contributed by atoms with van der Waals surface area (Å²) in [6.45, 7) is 2.12. The number of likely N-dealkylation sites (tertiary alicyclic amines) is 1. The topological polar surface area (TPSA) is 66.6 Å². The molecule has 1 aromatic carbocycles. The summed E-state index contributed by atoms with van der Waals surface area (Å²) in [7, 11) is 1.90. The van der Waals surface area contributed by atoms with Crippen LogP contribution in [0.2, 0.25) is 5.02 Å². The Morgan fingerprint density at radius 3 is 2.91 bits per heavy atom. The summed E-state index contributed by atoms with van der Waals surface area (Å²) >= 11 is 5.96. The van der Waals surface area contributed by atoms with E-state index in [1.165, 1.54) is 0 Å². The van der Waals surface area contributed by atoms with Gasteiger partial charge in [-0.05, 0) is 37.6 Å². The molecule has 6 heteroatoms. The molecule has 1 saturated heterocycles. The maximum Gasteiger partial charge on any atom is 0.236 e. The number of hydrogen-bond acceptors (Lipinski definition) is 3. The third-order valence-corrected chi connectivity index (χ3v) is 4.16. The van der Waals surface area contributed by atoms with Gasteiger partial charge in [-0.3, -0.25) is 14.5 Å². The Kier molecular flexibility index (Phi) is 5.80. The molecule has 0 bridgehead atoms. The quantitative estimate of drug-likeness (QED) is 0.893. The fraction of sp³-hybridized carbons (Fsp3) is 0.500. The van der Waals surface area contributed by atoms with E-state index >= 15 is 0 Å². The van der Waals surface area contributed by atoms with Crippen molar-refractivity contribution in [3.05, 3.63) is 34.9 Å². The van der Waals surface area contributed by atoms with Gasteiger partial charge in [0.25, 0.3) is 0 Å². The molecule has 1 aromatic rings. The van der Waals surface area contributed by atoms with E-state index in [1.807, 2.05) is 36.2 Å². The number of amides is 2. The number of hydrogen-bond donors (Lipinski definition) is 1. The van der Waals surface area contributed by atoms with Crippen LogP contribution in [0.1, 0.15) is 18.4 Å². The molecule has 0 radical (unpaired) electrons. The second-order valence-corrected chi connectivity index (χ2v) is 6.32. The summed E-state index contributed by atoms with van der Waals surface area (Å²) in [6, 6.07) is 7.60. The van der Waals surface area contributed by atoms with Crippen LogP contribution in [0.25, 0.3) is 0 Å². The number of benzene rings is 1. The predicted molar refractivity (Wildman–Crippen MR) is 86.3 cm³/mol. The van der Waals surface area contributed by atoms with Crippen molar-refractivity contribution in [2.75, 3.05) is 26.7 Å². The van der Waals surface area contributed by atoms with Gasteiger partial charge < -0.3 is 10.6 Å². The molecular weight excluding hydrogens is 302 g/mol. The molecule has 22 heavy (non-hydrogen) atoms. The monoisotopic (exact) mass is 323 g/mol. The lowest BCUT2D eigenvalue weighted by atomic mass is 9.97. The fourth-order valence-corrected chi connectivity index (χ4v) is 2.98. The van der Waals surface area contributed by atoms with Crippen molar-refractivity contribution in [3.8, 4) is 0 Å². The molecule has 120 valence electrons. The summed E-state index contributed by atoms with van der Waals surface area (Å²) in [4.78, 5) is 27.3. The summed E-state index contributed by atoms with van der Waals surface area (Å²) in [5.41, 5.74) is 6.41. The lowest BCUT2D eigenvalue weighted by molar-refractivity contribution is -0.135. The number of carbonyl (C=O) groups is 2. The maximum absolute atomic E-state index is 12.3. The van der Waals surface area contributed by atoms with E-state index in [0.717, 1.165) is 18.4 Å². The third-order valence-electron chi connectivity index (χ3n) is 3.92. The first-order valence-corrected chi connectivity index (χ1v) is 7.83. The minimum Gasteiger partial charge on any atom is -0.369 e. The zero-order valence-electron chi connectivity index (χ0n) is 12.8. The van der Waals surface area contributed by atoms with Gasteiger partial charge in [-0.15, -0.1) is 0 Å². The van der Waals surface area contributed by atoms with Crippen LogP contribution in [0, 0.1) is 5.92 Å². The van der Waals surface area contributed by atoms with Gasteiger partial charge in [-0.25, -0.2) is 0 Å². The maximum atomic E-state index is 12.3. The van der Waals surface area contributed by atoms with Gasteiger partial charge in [0.15, 0.2) is 0 Å². The number of nitrogens with two attached hydrogens (primary N) is 1. The molecule has 0 aliphatic carbocycles. The Bertz CT molecular complexity index is 550. The molecule has 1 fully saturated rings. The SMILES string of the molecule is CN(CC(=O)N1CCCC(C(N)=O)C1)Cc1cccc(Cl)c1. The van der Waals surface area contributed by atoms with Gasteiger partial charge in [0.1, 0.15) is 0 Å². The standard InChI is InChI=1S/C16H22ClN3O2/c1-19(9-12-4-2-6-14(17)8-12)11-15(21)20-7-3-5-13(10-20)16(18)22/h2,4,6,8,13H,3,5,7,9-11H2,1H3,(H2,18,22). The second kappa shape index (κ2) is 7.61. The number of rotatable bonds is 5. The number of primary amides is 1. The van der Waals surface area contributed by atoms with Crippen molar-refractivity contribution in [2.24, 2.45) is 11.7 Å². The van der Waals surface area contributed by atoms with Gasteiger partial charge in [-0.2, -0.15) is 0 Å². The molecular formula is C16H22ClN3O2. The van der Waals surface area contributed by atoms with Crippen molar-refractivity contribution >= 4 is 23.4 Å². The normalized spacial score (nSPS) is 18.5. The molecule has 1 aliphatic heterocycles.